The van der Waals surface area contributed by atoms with Crippen molar-refractivity contribution in [1.29, 1.82) is 0 Å². The molecule has 4 aromatic heterocycles. The minimum absolute atomic E-state index is 0.113. The summed E-state index contributed by atoms with van der Waals surface area (Å²) < 4.78 is 11.1. The monoisotopic (exact) mass is 443 g/mol. The van der Waals surface area contributed by atoms with Gasteiger partial charge in [-0.2, -0.15) is 0 Å². The Morgan fingerprint density at radius 2 is 1.56 bits per heavy atom. The maximum Gasteiger partial charge on any atom is 0.213 e. The summed E-state index contributed by atoms with van der Waals surface area (Å²) in [5, 5.41) is 4.93. The number of rotatable bonds is 1. The van der Waals surface area contributed by atoms with Crippen LogP contribution < -0.4 is 4.57 Å². The Morgan fingerprint density at radius 1 is 0.794 bits per heavy atom. The van der Waals surface area contributed by atoms with Crippen molar-refractivity contribution >= 4 is 49.3 Å². The minimum Gasteiger partial charge on any atom is -0.454 e. The molecule has 0 saturated carbocycles. The second kappa shape index (κ2) is 6.38. The van der Waals surface area contributed by atoms with Crippen LogP contribution >= 0.6 is 0 Å². The molecule has 0 aliphatic rings. The lowest BCUT2D eigenvalue weighted by Gasteiger charge is -2.18. The summed E-state index contributed by atoms with van der Waals surface area (Å²) in [6.45, 7) is 9.02. The number of para-hydroxylation sites is 2. The van der Waals surface area contributed by atoms with Crippen LogP contribution in [0.4, 0.5) is 0 Å². The first kappa shape index (κ1) is 19.6. The van der Waals surface area contributed by atoms with Crippen molar-refractivity contribution in [1.82, 2.24) is 4.40 Å². The maximum atomic E-state index is 6.37. The normalized spacial score (nSPS) is 12.9. The minimum atomic E-state index is 0.113. The average Bonchev–Trinajstić information content (AvgIpc) is 3.44. The van der Waals surface area contributed by atoms with Gasteiger partial charge in [0.25, 0.3) is 0 Å². The molecule has 0 unspecified atom stereocenters. The maximum absolute atomic E-state index is 6.37. The molecule has 166 valence electrons. The lowest BCUT2D eigenvalue weighted by Crippen LogP contribution is -2.33. The first-order valence-corrected chi connectivity index (χ1v) is 11.9. The topological polar surface area (TPSA) is 21.4 Å². The van der Waals surface area contributed by atoms with E-state index in [1.165, 1.54) is 55.1 Å². The first-order chi connectivity index (χ1) is 16.3. The zero-order valence-corrected chi connectivity index (χ0v) is 20.2. The first-order valence-electron chi connectivity index (χ1n) is 11.9. The molecule has 3 heteroatoms. The van der Waals surface area contributed by atoms with E-state index in [9.17, 15) is 0 Å². The molecule has 0 saturated heterocycles. The SMILES string of the molecule is Cc1ccc2c(c1-c1ccc(C(C)(C)C)c[n+]1C)c1cccc3c4oc5ccccc5c4n2c31. The van der Waals surface area contributed by atoms with E-state index in [0.717, 1.165) is 16.6 Å². The summed E-state index contributed by atoms with van der Waals surface area (Å²) >= 11 is 0. The molecule has 0 spiro atoms. The highest BCUT2D eigenvalue weighted by atomic mass is 16.3. The highest BCUT2D eigenvalue weighted by Gasteiger charge is 2.27. The van der Waals surface area contributed by atoms with Crippen molar-refractivity contribution in [2.75, 3.05) is 0 Å². The second-order valence-electron chi connectivity index (χ2n) is 10.6. The number of fused-ring (bicyclic) bond motifs is 8. The van der Waals surface area contributed by atoms with E-state index < -0.39 is 0 Å². The molecule has 4 heterocycles. The van der Waals surface area contributed by atoms with Gasteiger partial charge >= 0.3 is 0 Å². The van der Waals surface area contributed by atoms with Crippen molar-refractivity contribution < 1.29 is 8.98 Å². The molecule has 0 aliphatic heterocycles. The Balaban J connectivity index is 1.67. The Kier molecular flexibility index (Phi) is 3.68. The summed E-state index contributed by atoms with van der Waals surface area (Å²) in [6, 6.07) is 24.1. The number of furan rings is 1. The molecule has 3 nitrogen and oxygen atoms in total. The average molecular weight is 444 g/mol. The predicted octanol–water partition coefficient (Wildman–Crippen LogP) is 7.68. The molecule has 34 heavy (non-hydrogen) atoms. The van der Waals surface area contributed by atoms with Crippen molar-refractivity contribution in [3.8, 4) is 11.3 Å². The molecule has 0 N–H and O–H groups in total. The highest BCUT2D eigenvalue weighted by molar-refractivity contribution is 6.28. The highest BCUT2D eigenvalue weighted by Crippen LogP contribution is 2.45. The van der Waals surface area contributed by atoms with Crippen LogP contribution in [0.1, 0.15) is 31.9 Å². The van der Waals surface area contributed by atoms with Crippen LogP contribution in [0, 0.1) is 6.92 Å². The molecule has 0 amide bonds. The van der Waals surface area contributed by atoms with Gasteiger partial charge in [-0.25, -0.2) is 4.57 Å². The lowest BCUT2D eigenvalue weighted by atomic mass is 9.87. The number of pyridine rings is 1. The van der Waals surface area contributed by atoms with Gasteiger partial charge in [0.2, 0.25) is 5.69 Å². The van der Waals surface area contributed by atoms with Gasteiger partial charge in [0.05, 0.1) is 16.6 Å². The third-order valence-corrected chi connectivity index (χ3v) is 7.45. The molecule has 0 fully saturated rings. The number of hydrogen-bond donors (Lipinski definition) is 0. The van der Waals surface area contributed by atoms with Crippen LogP contribution in [0.2, 0.25) is 0 Å². The largest absolute Gasteiger partial charge is 0.454 e. The van der Waals surface area contributed by atoms with Crippen molar-refractivity contribution in [2.24, 2.45) is 7.05 Å². The third-order valence-electron chi connectivity index (χ3n) is 7.45. The summed E-state index contributed by atoms with van der Waals surface area (Å²) in [7, 11) is 2.17. The third kappa shape index (κ3) is 2.39. The van der Waals surface area contributed by atoms with E-state index in [1.807, 2.05) is 6.07 Å². The van der Waals surface area contributed by atoms with Crippen molar-refractivity contribution in [2.45, 2.75) is 33.1 Å². The molecule has 0 aliphatic carbocycles. The number of benzene rings is 3. The summed E-state index contributed by atoms with van der Waals surface area (Å²) in [5.41, 5.74) is 10.8. The van der Waals surface area contributed by atoms with E-state index in [0.29, 0.717) is 0 Å². The number of aryl methyl sites for hydroxylation is 2. The summed E-state index contributed by atoms with van der Waals surface area (Å²) in [4.78, 5) is 0. The fourth-order valence-electron chi connectivity index (χ4n) is 5.75. The Morgan fingerprint density at radius 3 is 2.35 bits per heavy atom. The van der Waals surface area contributed by atoms with Gasteiger partial charge in [-0.05, 0) is 48.2 Å². The number of aromatic nitrogens is 2. The summed E-state index contributed by atoms with van der Waals surface area (Å²) in [6.07, 6.45) is 2.28. The fourth-order valence-corrected chi connectivity index (χ4v) is 5.75. The van der Waals surface area contributed by atoms with Crippen molar-refractivity contribution in [3.05, 3.63) is 84.1 Å². The van der Waals surface area contributed by atoms with Gasteiger partial charge in [-0.1, -0.05) is 51.1 Å². The van der Waals surface area contributed by atoms with Crippen LogP contribution in [0.3, 0.4) is 0 Å². The van der Waals surface area contributed by atoms with Crippen LogP contribution in [0.5, 0.6) is 0 Å². The van der Waals surface area contributed by atoms with Gasteiger partial charge in [0, 0.05) is 33.2 Å². The molecule has 0 atom stereocenters. The van der Waals surface area contributed by atoms with Crippen LogP contribution in [-0.2, 0) is 12.5 Å². The Bertz CT molecular complexity index is 1910. The molecule has 0 radical (unpaired) electrons. The smallest absolute Gasteiger partial charge is 0.213 e. The summed E-state index contributed by atoms with van der Waals surface area (Å²) in [5.74, 6) is 0. The Labute approximate surface area is 198 Å². The number of nitrogens with zero attached hydrogens (tertiary/aromatic N) is 2. The van der Waals surface area contributed by atoms with E-state index in [1.54, 1.807) is 0 Å². The number of hydrogen-bond acceptors (Lipinski definition) is 1. The van der Waals surface area contributed by atoms with Gasteiger partial charge < -0.3 is 8.82 Å². The van der Waals surface area contributed by atoms with Gasteiger partial charge in [0.1, 0.15) is 18.1 Å². The zero-order valence-electron chi connectivity index (χ0n) is 20.2. The van der Waals surface area contributed by atoms with Crippen LogP contribution in [-0.4, -0.2) is 4.40 Å². The molecular formula is C31H27N2O+. The van der Waals surface area contributed by atoms with E-state index in [2.05, 4.69) is 111 Å². The molecule has 7 rings (SSSR count). The van der Waals surface area contributed by atoms with Crippen LogP contribution in [0.25, 0.3) is 60.5 Å². The standard InChI is InChI=1S/C31H27N2O/c1-18-13-15-24-27(26(18)23-16-14-19(17-32(23)5)31(2,3)4)21-10-8-11-22-28(21)33(24)29-20-9-6-7-12-25(20)34-30(22)29/h6-17H,1-5H3/q+1. The zero-order chi connectivity index (χ0) is 23.4. The van der Waals surface area contributed by atoms with E-state index in [-0.39, 0.29) is 5.41 Å². The van der Waals surface area contributed by atoms with Crippen LogP contribution in [0.15, 0.2) is 77.3 Å². The molecular weight excluding hydrogens is 416 g/mol. The molecule has 7 aromatic rings. The Hall–Kier alpha value is -3.85. The van der Waals surface area contributed by atoms with E-state index in [4.69, 9.17) is 4.42 Å². The quantitative estimate of drug-likeness (QED) is 0.238. The fraction of sp³-hybridized carbons (Fsp3) is 0.194. The van der Waals surface area contributed by atoms with Crippen molar-refractivity contribution in [3.63, 3.8) is 0 Å². The lowest BCUT2D eigenvalue weighted by molar-refractivity contribution is -0.660. The van der Waals surface area contributed by atoms with Gasteiger partial charge in [-0.15, -0.1) is 0 Å². The predicted molar refractivity (Wildman–Crippen MR) is 141 cm³/mol. The molecule has 3 aromatic carbocycles. The van der Waals surface area contributed by atoms with Gasteiger partial charge in [0.15, 0.2) is 11.8 Å². The van der Waals surface area contributed by atoms with Gasteiger partial charge in [-0.3, -0.25) is 0 Å². The van der Waals surface area contributed by atoms with E-state index >= 15 is 0 Å². The molecule has 0 bridgehead atoms. The second-order valence-corrected chi connectivity index (χ2v) is 10.6.